The summed E-state index contributed by atoms with van der Waals surface area (Å²) in [5.74, 6) is 2.70. The van der Waals surface area contributed by atoms with Crippen LogP contribution < -0.4 is 5.32 Å². The number of hydrogen-bond donors (Lipinski definition) is 1. The number of benzene rings is 1. The van der Waals surface area contributed by atoms with E-state index in [0.717, 1.165) is 21.7 Å². The van der Waals surface area contributed by atoms with Crippen LogP contribution in [0.15, 0.2) is 33.2 Å². The van der Waals surface area contributed by atoms with Crippen molar-refractivity contribution in [1.29, 1.82) is 0 Å². The molecule has 0 fully saturated rings. The van der Waals surface area contributed by atoms with Crippen LogP contribution >= 0.6 is 50.9 Å². The van der Waals surface area contributed by atoms with Crippen LogP contribution in [-0.2, 0) is 12.3 Å². The molecule has 1 heterocycles. The Hall–Kier alpha value is -0.290. The van der Waals surface area contributed by atoms with Crippen molar-refractivity contribution in [3.8, 4) is 0 Å². The number of anilines is 1. The molecular formula is C13H12BrCl2NOS. The standard InChI is InChI=1S/C13H12BrCl2NOS/c1-19-7-10-3-2-9(18-10)6-17-13-11(15)4-8(14)5-12(13)16/h2-5,17H,6-7H2,1H3. The summed E-state index contributed by atoms with van der Waals surface area (Å²) in [5, 5.41) is 4.35. The highest BCUT2D eigenvalue weighted by Crippen LogP contribution is 2.34. The Morgan fingerprint density at radius 1 is 1.21 bits per heavy atom. The van der Waals surface area contributed by atoms with E-state index in [4.69, 9.17) is 27.6 Å². The zero-order chi connectivity index (χ0) is 13.8. The SMILES string of the molecule is CSCc1ccc(CNc2c(Cl)cc(Br)cc2Cl)o1. The van der Waals surface area contributed by atoms with Crippen LogP contribution in [0.3, 0.4) is 0 Å². The van der Waals surface area contributed by atoms with Gasteiger partial charge in [-0.3, -0.25) is 0 Å². The number of furan rings is 1. The lowest BCUT2D eigenvalue weighted by Crippen LogP contribution is -1.99. The Bertz CT molecular complexity index is 551. The fraction of sp³-hybridized carbons (Fsp3) is 0.231. The molecule has 102 valence electrons. The first-order valence-electron chi connectivity index (χ1n) is 5.55. The van der Waals surface area contributed by atoms with E-state index in [-0.39, 0.29) is 0 Å². The molecule has 0 aliphatic rings. The quantitative estimate of drug-likeness (QED) is 0.706. The molecule has 0 bridgehead atoms. The van der Waals surface area contributed by atoms with Gasteiger partial charge in [-0.15, -0.1) is 0 Å². The van der Waals surface area contributed by atoms with E-state index in [2.05, 4.69) is 21.2 Å². The molecule has 6 heteroatoms. The van der Waals surface area contributed by atoms with E-state index in [9.17, 15) is 0 Å². The maximum atomic E-state index is 6.15. The molecular weight excluding hydrogens is 369 g/mol. The van der Waals surface area contributed by atoms with Gasteiger partial charge in [0.15, 0.2) is 0 Å². The van der Waals surface area contributed by atoms with Gasteiger partial charge >= 0.3 is 0 Å². The van der Waals surface area contributed by atoms with Gasteiger partial charge in [-0.1, -0.05) is 39.1 Å². The van der Waals surface area contributed by atoms with Crippen molar-refractivity contribution in [2.45, 2.75) is 12.3 Å². The van der Waals surface area contributed by atoms with Gasteiger partial charge in [0.05, 0.1) is 28.0 Å². The highest BCUT2D eigenvalue weighted by Gasteiger charge is 2.08. The third-order valence-corrected chi connectivity index (χ3v) is 4.08. The van der Waals surface area contributed by atoms with Crippen LogP contribution in [0.1, 0.15) is 11.5 Å². The monoisotopic (exact) mass is 379 g/mol. The number of thioether (sulfide) groups is 1. The van der Waals surface area contributed by atoms with Gasteiger partial charge < -0.3 is 9.73 Å². The Morgan fingerprint density at radius 2 is 1.84 bits per heavy atom. The third-order valence-electron chi connectivity index (χ3n) is 2.45. The van der Waals surface area contributed by atoms with Crippen molar-refractivity contribution in [1.82, 2.24) is 0 Å². The molecule has 0 amide bonds. The van der Waals surface area contributed by atoms with Crippen LogP contribution in [-0.4, -0.2) is 6.26 Å². The van der Waals surface area contributed by atoms with E-state index >= 15 is 0 Å². The molecule has 2 aromatic rings. The maximum Gasteiger partial charge on any atom is 0.123 e. The molecule has 0 saturated carbocycles. The molecule has 0 aliphatic heterocycles. The van der Waals surface area contributed by atoms with E-state index in [1.807, 2.05) is 18.4 Å². The average Bonchev–Trinajstić information content (AvgIpc) is 2.76. The van der Waals surface area contributed by atoms with Gasteiger partial charge in [0.1, 0.15) is 11.5 Å². The Labute approximate surface area is 135 Å². The lowest BCUT2D eigenvalue weighted by Gasteiger charge is -2.09. The normalized spacial score (nSPS) is 10.7. The zero-order valence-corrected chi connectivity index (χ0v) is 14.1. The van der Waals surface area contributed by atoms with Crippen LogP contribution in [0.2, 0.25) is 10.0 Å². The lowest BCUT2D eigenvalue weighted by molar-refractivity contribution is 0.487. The van der Waals surface area contributed by atoms with E-state index in [0.29, 0.717) is 22.3 Å². The van der Waals surface area contributed by atoms with Crippen LogP contribution in [0, 0.1) is 0 Å². The minimum absolute atomic E-state index is 0.551. The fourth-order valence-electron chi connectivity index (χ4n) is 1.62. The molecule has 0 aliphatic carbocycles. The first kappa shape index (κ1) is 15.1. The predicted octanol–water partition coefficient (Wildman–Crippen LogP) is 5.82. The minimum Gasteiger partial charge on any atom is -0.463 e. The molecule has 1 N–H and O–H groups in total. The van der Waals surface area contributed by atoms with Crippen molar-refractivity contribution < 1.29 is 4.42 Å². The second kappa shape index (κ2) is 6.93. The summed E-state index contributed by atoms with van der Waals surface area (Å²) in [7, 11) is 0. The van der Waals surface area contributed by atoms with Crippen LogP contribution in [0.4, 0.5) is 5.69 Å². The van der Waals surface area contributed by atoms with E-state index in [1.54, 1.807) is 23.9 Å². The van der Waals surface area contributed by atoms with Gasteiger partial charge in [-0.25, -0.2) is 0 Å². The van der Waals surface area contributed by atoms with Gasteiger partial charge in [-0.05, 0) is 30.5 Å². The number of rotatable bonds is 5. The van der Waals surface area contributed by atoms with Crippen LogP contribution in [0.5, 0.6) is 0 Å². The Morgan fingerprint density at radius 3 is 2.47 bits per heavy atom. The summed E-state index contributed by atoms with van der Waals surface area (Å²) >= 11 is 17.4. The highest BCUT2D eigenvalue weighted by molar-refractivity contribution is 9.10. The van der Waals surface area contributed by atoms with Gasteiger partial charge in [-0.2, -0.15) is 11.8 Å². The summed E-state index contributed by atoms with van der Waals surface area (Å²) in [4.78, 5) is 0. The summed E-state index contributed by atoms with van der Waals surface area (Å²) < 4.78 is 6.53. The Balaban J connectivity index is 2.05. The molecule has 0 atom stereocenters. The molecule has 0 radical (unpaired) electrons. The second-order valence-corrected chi connectivity index (χ2v) is 6.50. The maximum absolute atomic E-state index is 6.15. The summed E-state index contributed by atoms with van der Waals surface area (Å²) in [6, 6.07) is 7.55. The smallest absolute Gasteiger partial charge is 0.123 e. The van der Waals surface area contributed by atoms with Gasteiger partial charge in [0, 0.05) is 4.47 Å². The van der Waals surface area contributed by atoms with Crippen LogP contribution in [0.25, 0.3) is 0 Å². The molecule has 1 aromatic heterocycles. The third kappa shape index (κ3) is 4.09. The zero-order valence-electron chi connectivity index (χ0n) is 10.2. The molecule has 2 nitrogen and oxygen atoms in total. The Kier molecular flexibility index (Phi) is 5.51. The topological polar surface area (TPSA) is 25.2 Å². The first-order chi connectivity index (χ1) is 9.10. The summed E-state index contributed by atoms with van der Waals surface area (Å²) in [6.07, 6.45) is 2.04. The van der Waals surface area contributed by atoms with Crippen molar-refractivity contribution in [2.24, 2.45) is 0 Å². The number of hydrogen-bond acceptors (Lipinski definition) is 3. The first-order valence-corrected chi connectivity index (χ1v) is 8.49. The number of halogens is 3. The van der Waals surface area contributed by atoms with Crippen molar-refractivity contribution in [3.05, 3.63) is 50.3 Å². The molecule has 1 aromatic carbocycles. The molecule has 0 unspecified atom stereocenters. The number of nitrogens with one attached hydrogen (secondary N) is 1. The molecule has 2 rings (SSSR count). The van der Waals surface area contributed by atoms with Gasteiger partial charge in [0.2, 0.25) is 0 Å². The minimum atomic E-state index is 0.551. The highest BCUT2D eigenvalue weighted by atomic mass is 79.9. The van der Waals surface area contributed by atoms with Gasteiger partial charge in [0.25, 0.3) is 0 Å². The molecule has 0 spiro atoms. The van der Waals surface area contributed by atoms with E-state index < -0.39 is 0 Å². The summed E-state index contributed by atoms with van der Waals surface area (Å²) in [5.41, 5.74) is 0.717. The predicted molar refractivity (Wildman–Crippen MR) is 87.4 cm³/mol. The second-order valence-electron chi connectivity index (χ2n) is 3.90. The fourth-order valence-corrected chi connectivity index (χ4v) is 3.41. The van der Waals surface area contributed by atoms with Crippen molar-refractivity contribution in [2.75, 3.05) is 11.6 Å². The molecule has 0 saturated heterocycles. The van der Waals surface area contributed by atoms with E-state index in [1.165, 1.54) is 0 Å². The van der Waals surface area contributed by atoms with Crippen molar-refractivity contribution >= 4 is 56.6 Å². The van der Waals surface area contributed by atoms with Crippen molar-refractivity contribution in [3.63, 3.8) is 0 Å². The largest absolute Gasteiger partial charge is 0.463 e. The molecule has 19 heavy (non-hydrogen) atoms. The lowest BCUT2D eigenvalue weighted by atomic mass is 10.3. The summed E-state index contributed by atoms with van der Waals surface area (Å²) in [6.45, 7) is 0.551. The average molecular weight is 381 g/mol.